The van der Waals surface area contributed by atoms with Crippen LogP contribution in [0.4, 0.5) is 5.69 Å². The standard InChI is InChI=1S/C13H15ClN2O4/c1-20-13(19)7-2-3-9(14)10(4-7)16-12(18)11-5-8(17)6-15-11/h2-4,8,11,15,17H,5-6H2,1H3,(H,16,18). The SMILES string of the molecule is COC(=O)c1ccc(Cl)c(NC(=O)C2CC(O)CN2)c1. The Morgan fingerprint density at radius 1 is 1.50 bits per heavy atom. The Bertz CT molecular complexity index is 535. The van der Waals surface area contributed by atoms with E-state index in [0.717, 1.165) is 0 Å². The first-order valence-electron chi connectivity index (χ1n) is 6.11. The summed E-state index contributed by atoms with van der Waals surface area (Å²) in [6.45, 7) is 0.383. The van der Waals surface area contributed by atoms with E-state index in [1.807, 2.05) is 0 Å². The van der Waals surface area contributed by atoms with Gasteiger partial charge in [-0.15, -0.1) is 0 Å². The molecule has 1 aromatic rings. The van der Waals surface area contributed by atoms with Crippen LogP contribution in [0.5, 0.6) is 0 Å². The van der Waals surface area contributed by atoms with Crippen LogP contribution in [0.3, 0.4) is 0 Å². The fourth-order valence-corrected chi connectivity index (χ4v) is 2.17. The predicted octanol–water partition coefficient (Wildman–Crippen LogP) is 0.788. The molecule has 7 heteroatoms. The summed E-state index contributed by atoms with van der Waals surface area (Å²) in [6.07, 6.45) is -0.178. The van der Waals surface area contributed by atoms with Crippen LogP contribution in [-0.4, -0.2) is 42.8 Å². The van der Waals surface area contributed by atoms with Gasteiger partial charge in [-0.05, 0) is 24.6 Å². The van der Waals surface area contributed by atoms with Gasteiger partial charge in [-0.3, -0.25) is 4.79 Å². The van der Waals surface area contributed by atoms with E-state index >= 15 is 0 Å². The quantitative estimate of drug-likeness (QED) is 0.718. The maximum Gasteiger partial charge on any atom is 0.337 e. The third-order valence-corrected chi connectivity index (χ3v) is 3.40. The predicted molar refractivity (Wildman–Crippen MR) is 73.8 cm³/mol. The molecule has 0 aromatic heterocycles. The normalized spacial score (nSPS) is 21.6. The Labute approximate surface area is 121 Å². The van der Waals surface area contributed by atoms with Crippen molar-refractivity contribution in [2.45, 2.75) is 18.6 Å². The lowest BCUT2D eigenvalue weighted by Crippen LogP contribution is -2.35. The minimum absolute atomic E-state index is 0.298. The Morgan fingerprint density at radius 3 is 2.85 bits per heavy atom. The van der Waals surface area contributed by atoms with Crippen molar-refractivity contribution in [3.63, 3.8) is 0 Å². The van der Waals surface area contributed by atoms with Crippen molar-refractivity contribution < 1.29 is 19.4 Å². The molecule has 0 bridgehead atoms. The number of benzene rings is 1. The number of aliphatic hydroxyl groups is 1. The number of nitrogens with one attached hydrogen (secondary N) is 2. The highest BCUT2D eigenvalue weighted by atomic mass is 35.5. The van der Waals surface area contributed by atoms with Gasteiger partial charge in [0.25, 0.3) is 0 Å². The van der Waals surface area contributed by atoms with Gasteiger partial charge in [-0.2, -0.15) is 0 Å². The van der Waals surface area contributed by atoms with Crippen LogP contribution < -0.4 is 10.6 Å². The van der Waals surface area contributed by atoms with Crippen LogP contribution in [-0.2, 0) is 9.53 Å². The van der Waals surface area contributed by atoms with Crippen LogP contribution in [0.15, 0.2) is 18.2 Å². The van der Waals surface area contributed by atoms with E-state index in [0.29, 0.717) is 29.2 Å². The Balaban J connectivity index is 2.12. The van der Waals surface area contributed by atoms with Gasteiger partial charge in [0.2, 0.25) is 5.91 Å². The molecule has 1 aromatic carbocycles. The van der Waals surface area contributed by atoms with Crippen molar-refractivity contribution in [3.8, 4) is 0 Å². The number of anilines is 1. The molecule has 1 saturated heterocycles. The Kier molecular flexibility index (Phi) is 4.59. The highest BCUT2D eigenvalue weighted by Crippen LogP contribution is 2.24. The second-order valence-corrected chi connectivity index (χ2v) is 4.93. The van der Waals surface area contributed by atoms with E-state index < -0.39 is 18.1 Å². The first kappa shape index (κ1) is 14.8. The molecular formula is C13H15ClN2O4. The zero-order chi connectivity index (χ0) is 14.7. The molecule has 1 aliphatic rings. The smallest absolute Gasteiger partial charge is 0.337 e. The summed E-state index contributed by atoms with van der Waals surface area (Å²) in [4.78, 5) is 23.4. The van der Waals surface area contributed by atoms with Gasteiger partial charge in [0.15, 0.2) is 0 Å². The summed E-state index contributed by atoms with van der Waals surface area (Å²) in [5, 5.41) is 15.2. The van der Waals surface area contributed by atoms with Crippen LogP contribution in [0, 0.1) is 0 Å². The summed E-state index contributed by atoms with van der Waals surface area (Å²) >= 11 is 5.99. The highest BCUT2D eigenvalue weighted by molar-refractivity contribution is 6.34. The number of ether oxygens (including phenoxy) is 1. The Hall–Kier alpha value is -1.63. The second kappa shape index (κ2) is 6.21. The highest BCUT2D eigenvalue weighted by Gasteiger charge is 2.28. The van der Waals surface area contributed by atoms with Crippen LogP contribution in [0.2, 0.25) is 5.02 Å². The number of halogens is 1. The average Bonchev–Trinajstić information content (AvgIpc) is 2.87. The van der Waals surface area contributed by atoms with Gasteiger partial charge in [0.05, 0.1) is 35.5 Å². The van der Waals surface area contributed by atoms with Crippen LogP contribution in [0.1, 0.15) is 16.8 Å². The van der Waals surface area contributed by atoms with Crippen molar-refractivity contribution >= 4 is 29.2 Å². The van der Waals surface area contributed by atoms with Crippen molar-refractivity contribution in [2.24, 2.45) is 0 Å². The first-order chi connectivity index (χ1) is 9.51. The van der Waals surface area contributed by atoms with Crippen molar-refractivity contribution in [2.75, 3.05) is 19.0 Å². The second-order valence-electron chi connectivity index (χ2n) is 4.53. The van der Waals surface area contributed by atoms with Crippen molar-refractivity contribution in [1.82, 2.24) is 5.32 Å². The van der Waals surface area contributed by atoms with Crippen LogP contribution in [0.25, 0.3) is 0 Å². The number of methoxy groups -OCH3 is 1. The lowest BCUT2D eigenvalue weighted by Gasteiger charge is -2.13. The number of rotatable bonds is 3. The van der Waals surface area contributed by atoms with E-state index in [9.17, 15) is 14.7 Å². The zero-order valence-corrected chi connectivity index (χ0v) is 11.6. The molecule has 0 saturated carbocycles. The molecule has 2 atom stereocenters. The first-order valence-corrected chi connectivity index (χ1v) is 6.49. The molecule has 1 amide bonds. The molecule has 3 N–H and O–H groups in total. The van der Waals surface area contributed by atoms with Crippen molar-refractivity contribution in [1.29, 1.82) is 0 Å². The summed E-state index contributed by atoms with van der Waals surface area (Å²) in [7, 11) is 1.28. The molecule has 20 heavy (non-hydrogen) atoms. The molecule has 1 aliphatic heterocycles. The number of esters is 1. The lowest BCUT2D eigenvalue weighted by atomic mass is 10.1. The van der Waals surface area contributed by atoms with E-state index in [-0.39, 0.29) is 5.91 Å². The fourth-order valence-electron chi connectivity index (χ4n) is 2.00. The number of hydrogen-bond donors (Lipinski definition) is 3. The number of β-amino-alcohol motifs (C(OH)–C–C–N with tert-alkyl or cyclic N) is 1. The molecule has 2 unspecified atom stereocenters. The molecule has 6 nitrogen and oxygen atoms in total. The summed E-state index contributed by atoms with van der Waals surface area (Å²) in [6, 6.07) is 4.02. The van der Waals surface area contributed by atoms with E-state index in [1.54, 1.807) is 0 Å². The minimum atomic E-state index is -0.525. The lowest BCUT2D eigenvalue weighted by molar-refractivity contribution is -0.117. The van der Waals surface area contributed by atoms with Gasteiger partial charge in [0.1, 0.15) is 0 Å². The largest absolute Gasteiger partial charge is 0.465 e. The molecule has 0 aliphatic carbocycles. The third-order valence-electron chi connectivity index (χ3n) is 3.07. The number of carbonyl (C=O) groups is 2. The molecule has 1 heterocycles. The molecule has 108 valence electrons. The maximum atomic E-state index is 12.0. The Morgan fingerprint density at radius 2 is 2.25 bits per heavy atom. The topological polar surface area (TPSA) is 87.7 Å². The summed E-state index contributed by atoms with van der Waals surface area (Å²) in [5.74, 6) is -0.808. The van der Waals surface area contributed by atoms with Gasteiger partial charge < -0.3 is 20.5 Å². The minimum Gasteiger partial charge on any atom is -0.465 e. The summed E-state index contributed by atoms with van der Waals surface area (Å²) < 4.78 is 4.61. The number of amides is 1. The van der Waals surface area contributed by atoms with E-state index in [2.05, 4.69) is 15.4 Å². The van der Waals surface area contributed by atoms with Gasteiger partial charge in [-0.25, -0.2) is 4.79 Å². The molecule has 2 rings (SSSR count). The third kappa shape index (κ3) is 3.27. The van der Waals surface area contributed by atoms with Gasteiger partial charge in [-0.1, -0.05) is 11.6 Å². The van der Waals surface area contributed by atoms with Crippen LogP contribution >= 0.6 is 11.6 Å². The summed E-state index contributed by atoms with van der Waals surface area (Å²) in [5.41, 5.74) is 0.634. The van der Waals surface area contributed by atoms with E-state index in [1.165, 1.54) is 25.3 Å². The van der Waals surface area contributed by atoms with E-state index in [4.69, 9.17) is 11.6 Å². The molecule has 0 radical (unpaired) electrons. The average molecular weight is 299 g/mol. The van der Waals surface area contributed by atoms with Gasteiger partial charge >= 0.3 is 5.97 Å². The fraction of sp³-hybridized carbons (Fsp3) is 0.385. The number of aliphatic hydroxyl groups excluding tert-OH is 1. The number of carbonyl (C=O) groups excluding carboxylic acids is 2. The molecule has 0 spiro atoms. The maximum absolute atomic E-state index is 12.0. The molecule has 1 fully saturated rings. The number of hydrogen-bond acceptors (Lipinski definition) is 5. The van der Waals surface area contributed by atoms with Gasteiger partial charge in [0, 0.05) is 6.54 Å². The zero-order valence-electron chi connectivity index (χ0n) is 10.9. The molecular weight excluding hydrogens is 284 g/mol. The monoisotopic (exact) mass is 298 g/mol. The van der Waals surface area contributed by atoms with Crippen molar-refractivity contribution in [3.05, 3.63) is 28.8 Å².